The van der Waals surface area contributed by atoms with Crippen LogP contribution in [0.2, 0.25) is 0 Å². The third-order valence-electron chi connectivity index (χ3n) is 7.62. The number of carboxylic acids is 1. The molecule has 3 atom stereocenters. The molecule has 0 aromatic heterocycles. The van der Waals surface area contributed by atoms with Crippen LogP contribution in [0.25, 0.3) is 0 Å². The van der Waals surface area contributed by atoms with Crippen molar-refractivity contribution in [3.8, 4) is 5.75 Å². The van der Waals surface area contributed by atoms with Gasteiger partial charge < -0.3 is 29.3 Å². The summed E-state index contributed by atoms with van der Waals surface area (Å²) < 4.78 is 16.9. The Kier molecular flexibility index (Phi) is 9.59. The summed E-state index contributed by atoms with van der Waals surface area (Å²) in [6.07, 6.45) is 4.08. The zero-order chi connectivity index (χ0) is 25.5. The molecule has 2 N–H and O–H groups in total. The summed E-state index contributed by atoms with van der Waals surface area (Å²) in [7, 11) is 0. The number of nitrogens with zero attached hydrogens (tertiary/aromatic N) is 2. The number of hydrogen-bond acceptors (Lipinski definition) is 7. The predicted molar refractivity (Wildman–Crippen MR) is 133 cm³/mol. The van der Waals surface area contributed by atoms with Crippen LogP contribution in [0.5, 0.6) is 5.75 Å². The molecule has 3 heterocycles. The Bertz CT molecular complexity index is 881. The van der Waals surface area contributed by atoms with Gasteiger partial charge >= 0.3 is 5.97 Å². The number of carboxylic acid groups (broad SMARTS) is 1. The van der Waals surface area contributed by atoms with E-state index in [1.54, 1.807) is 0 Å². The number of carbonyl (C=O) groups excluding carboxylic acids is 1. The van der Waals surface area contributed by atoms with Crippen LogP contribution in [0.1, 0.15) is 56.1 Å². The number of unbranched alkanes of at least 4 members (excludes halogenated alkanes) is 1. The van der Waals surface area contributed by atoms with E-state index in [1.807, 2.05) is 17.0 Å². The number of aliphatic hydroxyl groups excluding tert-OH is 1. The Labute approximate surface area is 213 Å². The van der Waals surface area contributed by atoms with Gasteiger partial charge in [-0.15, -0.1) is 0 Å². The second-order valence-electron chi connectivity index (χ2n) is 9.99. The van der Waals surface area contributed by atoms with E-state index in [9.17, 15) is 19.8 Å². The highest BCUT2D eigenvalue weighted by molar-refractivity contribution is 5.79. The third-order valence-corrected chi connectivity index (χ3v) is 7.62. The second-order valence-corrected chi connectivity index (χ2v) is 9.99. The van der Waals surface area contributed by atoms with Crippen molar-refractivity contribution in [3.05, 3.63) is 29.3 Å². The minimum Gasteiger partial charge on any atom is -0.493 e. The van der Waals surface area contributed by atoms with Crippen molar-refractivity contribution in [1.82, 2.24) is 9.80 Å². The van der Waals surface area contributed by atoms with E-state index >= 15 is 0 Å². The summed E-state index contributed by atoms with van der Waals surface area (Å²) in [6.45, 7) is 5.70. The highest BCUT2D eigenvalue weighted by atomic mass is 16.7. The van der Waals surface area contributed by atoms with Crippen LogP contribution in [-0.4, -0.2) is 96.8 Å². The van der Waals surface area contributed by atoms with Crippen molar-refractivity contribution in [2.24, 2.45) is 5.92 Å². The quantitative estimate of drug-likeness (QED) is 0.421. The maximum atomic E-state index is 13.4. The van der Waals surface area contributed by atoms with Gasteiger partial charge in [-0.3, -0.25) is 14.5 Å². The molecular formula is C27H40N2O7. The average Bonchev–Trinajstić information content (AvgIpc) is 3.62. The molecule has 0 radical (unpaired) electrons. The number of likely N-dealkylation sites (tertiary alicyclic amines) is 1. The number of benzene rings is 1. The lowest BCUT2D eigenvalue weighted by molar-refractivity contribution is -0.144. The summed E-state index contributed by atoms with van der Waals surface area (Å²) >= 11 is 0. The Morgan fingerprint density at radius 2 is 1.89 bits per heavy atom. The first-order valence-electron chi connectivity index (χ1n) is 13.4. The van der Waals surface area contributed by atoms with E-state index in [4.69, 9.17) is 14.2 Å². The minimum absolute atomic E-state index is 0.0117. The van der Waals surface area contributed by atoms with E-state index in [0.29, 0.717) is 58.7 Å². The van der Waals surface area contributed by atoms with Gasteiger partial charge in [-0.05, 0) is 42.9 Å². The predicted octanol–water partition coefficient (Wildman–Crippen LogP) is 2.25. The highest BCUT2D eigenvalue weighted by Gasteiger charge is 2.47. The van der Waals surface area contributed by atoms with Crippen LogP contribution in [-0.2, 0) is 25.5 Å². The highest BCUT2D eigenvalue weighted by Crippen LogP contribution is 2.41. The van der Waals surface area contributed by atoms with E-state index in [1.165, 1.54) is 0 Å². The summed E-state index contributed by atoms with van der Waals surface area (Å²) in [5.41, 5.74) is 2.10. The van der Waals surface area contributed by atoms with Gasteiger partial charge in [-0.2, -0.15) is 0 Å². The SMILES string of the molecule is CCCCN(CCCO)C(=O)CN1CC(c2ccc3c(c2)CCO3)C(C(=O)O)C1CCC1OCCO1. The summed E-state index contributed by atoms with van der Waals surface area (Å²) in [5.74, 6) is -0.840. The maximum absolute atomic E-state index is 13.4. The summed E-state index contributed by atoms with van der Waals surface area (Å²) in [5, 5.41) is 19.7. The smallest absolute Gasteiger partial charge is 0.308 e. The fourth-order valence-electron chi connectivity index (χ4n) is 5.75. The van der Waals surface area contributed by atoms with E-state index in [0.717, 1.165) is 36.1 Å². The van der Waals surface area contributed by atoms with Crippen LogP contribution in [0.15, 0.2) is 18.2 Å². The molecule has 1 aromatic carbocycles. The van der Waals surface area contributed by atoms with Crippen molar-refractivity contribution >= 4 is 11.9 Å². The molecule has 9 nitrogen and oxygen atoms in total. The number of aliphatic hydroxyl groups is 1. The average molecular weight is 505 g/mol. The van der Waals surface area contributed by atoms with Gasteiger partial charge in [-0.25, -0.2) is 0 Å². The standard InChI is InChI=1S/C27H40N2O7/c1-2-3-10-28(11-4-12-30)24(31)18-29-17-21(19-5-7-23-20(16-19)9-13-34-23)26(27(32)33)22(29)6-8-25-35-14-15-36-25/h5,7,16,21-22,25-26,30H,2-4,6,8-15,17-18H2,1H3,(H,32,33). The zero-order valence-corrected chi connectivity index (χ0v) is 21.3. The molecule has 3 aliphatic heterocycles. The maximum Gasteiger partial charge on any atom is 0.308 e. The van der Waals surface area contributed by atoms with Gasteiger partial charge in [0.15, 0.2) is 6.29 Å². The van der Waals surface area contributed by atoms with Crippen LogP contribution >= 0.6 is 0 Å². The largest absolute Gasteiger partial charge is 0.493 e. The van der Waals surface area contributed by atoms with Gasteiger partial charge in [-0.1, -0.05) is 25.5 Å². The number of fused-ring (bicyclic) bond motifs is 1. The molecular weight excluding hydrogens is 464 g/mol. The molecule has 4 rings (SSSR count). The van der Waals surface area contributed by atoms with Gasteiger partial charge in [0, 0.05) is 44.6 Å². The molecule has 36 heavy (non-hydrogen) atoms. The van der Waals surface area contributed by atoms with Crippen LogP contribution in [0.4, 0.5) is 0 Å². The van der Waals surface area contributed by atoms with Gasteiger partial charge in [0.25, 0.3) is 0 Å². The topological polar surface area (TPSA) is 109 Å². The molecule has 3 aliphatic rings. The molecule has 0 saturated carbocycles. The number of amides is 1. The first-order valence-corrected chi connectivity index (χ1v) is 13.4. The first-order chi connectivity index (χ1) is 17.5. The molecule has 0 spiro atoms. The van der Waals surface area contributed by atoms with Crippen molar-refractivity contribution in [1.29, 1.82) is 0 Å². The second kappa shape index (κ2) is 12.9. The van der Waals surface area contributed by atoms with Crippen molar-refractivity contribution < 1.29 is 34.0 Å². The fourth-order valence-corrected chi connectivity index (χ4v) is 5.75. The monoisotopic (exact) mass is 504 g/mol. The van der Waals surface area contributed by atoms with Gasteiger partial charge in [0.1, 0.15) is 5.75 Å². The van der Waals surface area contributed by atoms with E-state index in [2.05, 4.69) is 17.9 Å². The molecule has 3 unspecified atom stereocenters. The third kappa shape index (κ3) is 6.37. The lowest BCUT2D eigenvalue weighted by Crippen LogP contribution is -2.45. The summed E-state index contributed by atoms with van der Waals surface area (Å²) in [6, 6.07) is 5.70. The normalized spacial score (nSPS) is 24.1. The van der Waals surface area contributed by atoms with Gasteiger partial charge in [0.05, 0.1) is 32.3 Å². The summed E-state index contributed by atoms with van der Waals surface area (Å²) in [4.78, 5) is 29.9. The number of rotatable bonds is 13. The molecule has 1 aromatic rings. The van der Waals surface area contributed by atoms with Crippen LogP contribution in [0, 0.1) is 5.92 Å². The Morgan fingerprint density at radius 3 is 2.61 bits per heavy atom. The molecule has 0 aliphatic carbocycles. The molecule has 1 amide bonds. The molecule has 2 fully saturated rings. The Hall–Kier alpha value is -2.20. The van der Waals surface area contributed by atoms with E-state index in [-0.39, 0.29) is 37.3 Å². The van der Waals surface area contributed by atoms with Crippen LogP contribution < -0.4 is 4.74 Å². The number of hydrogen-bond donors (Lipinski definition) is 2. The van der Waals surface area contributed by atoms with Gasteiger partial charge in [0.2, 0.25) is 5.91 Å². The minimum atomic E-state index is -0.840. The first kappa shape index (κ1) is 26.9. The van der Waals surface area contributed by atoms with Crippen molar-refractivity contribution in [3.63, 3.8) is 0 Å². The van der Waals surface area contributed by atoms with E-state index < -0.39 is 11.9 Å². The lowest BCUT2D eigenvalue weighted by Gasteiger charge is -2.30. The van der Waals surface area contributed by atoms with Crippen molar-refractivity contribution in [2.45, 2.75) is 63.7 Å². The molecule has 0 bridgehead atoms. The number of aliphatic carboxylic acids is 1. The van der Waals surface area contributed by atoms with Crippen LogP contribution in [0.3, 0.4) is 0 Å². The Balaban J connectivity index is 1.55. The zero-order valence-electron chi connectivity index (χ0n) is 21.3. The molecule has 2 saturated heterocycles. The molecule has 9 heteroatoms. The lowest BCUT2D eigenvalue weighted by atomic mass is 9.83. The Morgan fingerprint density at radius 1 is 1.11 bits per heavy atom. The fraction of sp³-hybridized carbons (Fsp3) is 0.704. The van der Waals surface area contributed by atoms with Crippen molar-refractivity contribution in [2.75, 3.05) is 52.6 Å². The molecule has 200 valence electrons. The number of ether oxygens (including phenoxy) is 3. The number of carbonyl (C=O) groups is 2.